The number of thioether (sulfide) groups is 1. The number of benzene rings is 2. The van der Waals surface area contributed by atoms with Gasteiger partial charge in [-0.15, -0.1) is 0 Å². The van der Waals surface area contributed by atoms with E-state index in [9.17, 15) is 9.18 Å². The zero-order valence-electron chi connectivity index (χ0n) is 14.7. The van der Waals surface area contributed by atoms with E-state index >= 15 is 0 Å². The Morgan fingerprint density at radius 1 is 1.30 bits per heavy atom. The fourth-order valence-corrected chi connectivity index (χ4v) is 4.25. The van der Waals surface area contributed by atoms with Crippen molar-refractivity contribution in [1.82, 2.24) is 0 Å². The molecule has 2 aromatic carbocycles. The third-order valence-corrected chi connectivity index (χ3v) is 5.61. The number of carbonyl (C=O) groups excluding carboxylic acids is 1. The van der Waals surface area contributed by atoms with E-state index < -0.39 is 5.82 Å². The van der Waals surface area contributed by atoms with E-state index in [0.29, 0.717) is 27.4 Å². The molecule has 140 valence electrons. The summed E-state index contributed by atoms with van der Waals surface area (Å²) < 4.78 is 20.4. The van der Waals surface area contributed by atoms with Crippen LogP contribution in [-0.4, -0.2) is 16.8 Å². The van der Waals surface area contributed by atoms with Crippen LogP contribution < -0.4 is 9.64 Å². The lowest BCUT2D eigenvalue weighted by Crippen LogP contribution is -2.27. The van der Waals surface area contributed by atoms with Crippen LogP contribution in [0.1, 0.15) is 19.4 Å². The second-order valence-corrected chi connectivity index (χ2v) is 8.92. The summed E-state index contributed by atoms with van der Waals surface area (Å²) in [6.45, 7) is 4.80. The van der Waals surface area contributed by atoms with Crippen molar-refractivity contribution in [2.45, 2.75) is 13.8 Å². The minimum absolute atomic E-state index is 0.258. The molecule has 0 unspecified atom stereocenters. The molecule has 0 bridgehead atoms. The van der Waals surface area contributed by atoms with Crippen LogP contribution in [0, 0.1) is 11.7 Å². The summed E-state index contributed by atoms with van der Waals surface area (Å²) in [5.41, 5.74) is 1.28. The SMILES string of the molecule is CC(C)COc1ccc(/C=C2\SC(=S)N(c3cccc(F)c3)C2=O)cc1Br. The van der Waals surface area contributed by atoms with E-state index in [0.717, 1.165) is 15.8 Å². The maximum absolute atomic E-state index is 13.5. The molecule has 7 heteroatoms. The molecule has 0 saturated carbocycles. The van der Waals surface area contributed by atoms with Crippen molar-refractivity contribution in [3.05, 3.63) is 63.2 Å². The van der Waals surface area contributed by atoms with Crippen LogP contribution in [0.4, 0.5) is 10.1 Å². The molecule has 2 aromatic rings. The highest BCUT2D eigenvalue weighted by molar-refractivity contribution is 9.10. The van der Waals surface area contributed by atoms with Crippen LogP contribution in [-0.2, 0) is 4.79 Å². The minimum Gasteiger partial charge on any atom is -0.492 e. The number of amides is 1. The van der Waals surface area contributed by atoms with Gasteiger partial charge >= 0.3 is 0 Å². The van der Waals surface area contributed by atoms with E-state index in [4.69, 9.17) is 17.0 Å². The zero-order valence-corrected chi connectivity index (χ0v) is 18.0. The molecule has 3 nitrogen and oxygen atoms in total. The minimum atomic E-state index is -0.411. The van der Waals surface area contributed by atoms with Gasteiger partial charge in [-0.2, -0.15) is 0 Å². The number of nitrogens with zero attached hydrogens (tertiary/aromatic N) is 1. The fourth-order valence-electron chi connectivity index (χ4n) is 2.44. The van der Waals surface area contributed by atoms with Crippen molar-refractivity contribution in [2.75, 3.05) is 11.5 Å². The maximum Gasteiger partial charge on any atom is 0.270 e. The lowest BCUT2D eigenvalue weighted by atomic mass is 10.2. The molecule has 1 saturated heterocycles. The summed E-state index contributed by atoms with van der Waals surface area (Å²) in [6, 6.07) is 11.5. The van der Waals surface area contributed by atoms with Crippen LogP contribution in [0.15, 0.2) is 51.8 Å². The Labute approximate surface area is 175 Å². The molecule has 1 amide bonds. The number of hydrogen-bond acceptors (Lipinski definition) is 4. The standard InChI is InChI=1S/C20H17BrFNO2S2/c1-12(2)11-25-17-7-6-13(8-16(17)21)9-18-19(24)23(20(26)27-18)15-5-3-4-14(22)10-15/h3-10,12H,11H2,1-2H3/b18-9-. The van der Waals surface area contributed by atoms with Crippen molar-refractivity contribution >= 4 is 61.9 Å². The van der Waals surface area contributed by atoms with Gasteiger partial charge in [0.2, 0.25) is 0 Å². The normalized spacial score (nSPS) is 15.9. The summed E-state index contributed by atoms with van der Waals surface area (Å²) in [5.74, 6) is 0.521. The number of ether oxygens (including phenoxy) is 1. The van der Waals surface area contributed by atoms with Crippen molar-refractivity contribution < 1.29 is 13.9 Å². The first-order chi connectivity index (χ1) is 12.8. The summed E-state index contributed by atoms with van der Waals surface area (Å²) >= 11 is 10.0. The summed E-state index contributed by atoms with van der Waals surface area (Å²) in [4.78, 5) is 14.6. The van der Waals surface area contributed by atoms with Crippen LogP contribution in [0.25, 0.3) is 6.08 Å². The maximum atomic E-state index is 13.5. The van der Waals surface area contributed by atoms with Crippen molar-refractivity contribution in [2.24, 2.45) is 5.92 Å². The van der Waals surface area contributed by atoms with Crippen LogP contribution in [0.5, 0.6) is 5.75 Å². The Morgan fingerprint density at radius 3 is 2.74 bits per heavy atom. The molecule has 1 aliphatic heterocycles. The Bertz CT molecular complexity index is 930. The van der Waals surface area contributed by atoms with Gasteiger partial charge in [0.1, 0.15) is 11.6 Å². The fraction of sp³-hybridized carbons (Fsp3) is 0.200. The van der Waals surface area contributed by atoms with Gasteiger partial charge in [0, 0.05) is 0 Å². The van der Waals surface area contributed by atoms with Gasteiger partial charge in [0.25, 0.3) is 5.91 Å². The third kappa shape index (κ3) is 4.78. The van der Waals surface area contributed by atoms with E-state index in [1.54, 1.807) is 18.2 Å². The van der Waals surface area contributed by atoms with Gasteiger partial charge < -0.3 is 4.74 Å². The summed E-state index contributed by atoms with van der Waals surface area (Å²) in [5, 5.41) is 0. The molecule has 3 rings (SSSR count). The zero-order chi connectivity index (χ0) is 19.6. The first-order valence-corrected chi connectivity index (χ1v) is 10.3. The lowest BCUT2D eigenvalue weighted by molar-refractivity contribution is -0.113. The van der Waals surface area contributed by atoms with Gasteiger partial charge in [-0.05, 0) is 63.8 Å². The molecule has 0 N–H and O–H groups in total. The molecule has 0 aliphatic carbocycles. The highest BCUT2D eigenvalue weighted by Crippen LogP contribution is 2.37. The van der Waals surface area contributed by atoms with E-state index in [2.05, 4.69) is 29.8 Å². The Kier molecular flexibility index (Phi) is 6.34. The second-order valence-electron chi connectivity index (χ2n) is 6.39. The predicted octanol–water partition coefficient (Wildman–Crippen LogP) is 6.03. The largest absolute Gasteiger partial charge is 0.492 e. The molecule has 1 aliphatic rings. The van der Waals surface area contributed by atoms with Crippen molar-refractivity contribution in [1.29, 1.82) is 0 Å². The number of anilines is 1. The Morgan fingerprint density at radius 2 is 2.07 bits per heavy atom. The molecule has 1 heterocycles. The molecular formula is C20H17BrFNO2S2. The van der Waals surface area contributed by atoms with E-state index in [1.807, 2.05) is 18.2 Å². The molecule has 0 atom stereocenters. The average molecular weight is 466 g/mol. The number of rotatable bonds is 5. The van der Waals surface area contributed by atoms with E-state index in [1.165, 1.54) is 28.8 Å². The number of hydrogen-bond donors (Lipinski definition) is 0. The van der Waals surface area contributed by atoms with Gasteiger partial charge in [-0.3, -0.25) is 9.69 Å². The Balaban J connectivity index is 1.82. The van der Waals surface area contributed by atoms with Gasteiger partial charge in [0.15, 0.2) is 4.32 Å². The van der Waals surface area contributed by atoms with Crippen molar-refractivity contribution in [3.8, 4) is 5.75 Å². The van der Waals surface area contributed by atoms with E-state index in [-0.39, 0.29) is 5.91 Å². The molecule has 1 fully saturated rings. The highest BCUT2D eigenvalue weighted by Gasteiger charge is 2.33. The topological polar surface area (TPSA) is 29.5 Å². The monoisotopic (exact) mass is 465 g/mol. The smallest absolute Gasteiger partial charge is 0.270 e. The lowest BCUT2D eigenvalue weighted by Gasteiger charge is -2.14. The molecule has 0 spiro atoms. The summed E-state index contributed by atoms with van der Waals surface area (Å²) in [6.07, 6.45) is 1.77. The molecular weight excluding hydrogens is 449 g/mol. The van der Waals surface area contributed by atoms with Gasteiger partial charge in [-0.25, -0.2) is 4.39 Å². The number of thiocarbonyl (C=S) groups is 1. The van der Waals surface area contributed by atoms with Crippen molar-refractivity contribution in [3.63, 3.8) is 0 Å². The van der Waals surface area contributed by atoms with Crippen LogP contribution >= 0.6 is 39.9 Å². The third-order valence-electron chi connectivity index (χ3n) is 3.69. The number of halogens is 2. The Hall–Kier alpha value is -1.70. The molecule has 27 heavy (non-hydrogen) atoms. The first-order valence-electron chi connectivity index (χ1n) is 8.31. The first kappa shape index (κ1) is 20.0. The second kappa shape index (κ2) is 8.54. The molecule has 0 aromatic heterocycles. The van der Waals surface area contributed by atoms with Crippen LogP contribution in [0.3, 0.4) is 0 Å². The average Bonchev–Trinajstić information content (AvgIpc) is 2.87. The number of carbonyl (C=O) groups is 1. The highest BCUT2D eigenvalue weighted by atomic mass is 79.9. The van der Waals surface area contributed by atoms with Gasteiger partial charge in [0.05, 0.1) is 21.7 Å². The predicted molar refractivity (Wildman–Crippen MR) is 117 cm³/mol. The van der Waals surface area contributed by atoms with Crippen LogP contribution in [0.2, 0.25) is 0 Å². The quantitative estimate of drug-likeness (QED) is 0.398. The molecule has 0 radical (unpaired) electrons. The summed E-state index contributed by atoms with van der Waals surface area (Å²) in [7, 11) is 0. The van der Waals surface area contributed by atoms with Gasteiger partial charge in [-0.1, -0.05) is 50.0 Å².